The average Bonchev–Trinajstić information content (AvgIpc) is 3.23. The number of hydrogen-bond acceptors (Lipinski definition) is 3. The highest BCUT2D eigenvalue weighted by Gasteiger charge is 2.32. The molecule has 1 fully saturated rings. The summed E-state index contributed by atoms with van der Waals surface area (Å²) in [6, 6.07) is 15.7. The van der Waals surface area contributed by atoms with Gasteiger partial charge >= 0.3 is 6.18 Å². The first-order valence-corrected chi connectivity index (χ1v) is 10.8. The number of alkyl halides is 3. The Kier molecular flexibility index (Phi) is 6.54. The van der Waals surface area contributed by atoms with Crippen molar-refractivity contribution < 1.29 is 22.8 Å². The molecule has 176 valence electrons. The highest BCUT2D eigenvalue weighted by molar-refractivity contribution is 5.94. The molecule has 1 saturated heterocycles. The summed E-state index contributed by atoms with van der Waals surface area (Å²) in [5, 5.41) is 2.66. The lowest BCUT2D eigenvalue weighted by Crippen LogP contribution is -2.40. The molecule has 1 atom stereocenters. The zero-order valence-corrected chi connectivity index (χ0v) is 18.1. The van der Waals surface area contributed by atoms with Gasteiger partial charge in [0.1, 0.15) is 5.56 Å². The third kappa shape index (κ3) is 5.19. The summed E-state index contributed by atoms with van der Waals surface area (Å²) in [5.74, 6) is -0.869. The number of pyridine rings is 1. The van der Waals surface area contributed by atoms with Gasteiger partial charge in [-0.3, -0.25) is 14.4 Å². The normalized spacial score (nSPS) is 14.8. The number of benzene rings is 2. The van der Waals surface area contributed by atoms with Crippen molar-refractivity contribution in [2.24, 2.45) is 0 Å². The van der Waals surface area contributed by atoms with Crippen LogP contribution in [0.4, 0.5) is 13.2 Å². The minimum atomic E-state index is -4.56. The zero-order valence-electron chi connectivity index (χ0n) is 18.1. The van der Waals surface area contributed by atoms with Gasteiger partial charge in [0, 0.05) is 25.2 Å². The molecule has 2 amide bonds. The van der Waals surface area contributed by atoms with Crippen LogP contribution in [0.2, 0.25) is 0 Å². The van der Waals surface area contributed by atoms with Gasteiger partial charge in [-0.25, -0.2) is 0 Å². The predicted octanol–water partition coefficient (Wildman–Crippen LogP) is 4.15. The highest BCUT2D eigenvalue weighted by Crippen LogP contribution is 2.31. The zero-order chi connectivity index (χ0) is 24.3. The van der Waals surface area contributed by atoms with E-state index in [1.54, 1.807) is 6.07 Å². The van der Waals surface area contributed by atoms with Crippen molar-refractivity contribution in [3.05, 3.63) is 93.8 Å². The number of carbonyl (C=O) groups is 2. The van der Waals surface area contributed by atoms with Gasteiger partial charge in [-0.1, -0.05) is 42.5 Å². The Morgan fingerprint density at radius 1 is 1.03 bits per heavy atom. The molecule has 34 heavy (non-hydrogen) atoms. The number of rotatable bonds is 6. The van der Waals surface area contributed by atoms with Crippen LogP contribution in [0.3, 0.4) is 0 Å². The third-order valence-corrected chi connectivity index (χ3v) is 5.73. The molecule has 1 aromatic heterocycles. The van der Waals surface area contributed by atoms with E-state index in [0.717, 1.165) is 17.7 Å². The summed E-state index contributed by atoms with van der Waals surface area (Å²) in [6.07, 6.45) is -3.56. The van der Waals surface area contributed by atoms with Gasteiger partial charge in [-0.2, -0.15) is 13.2 Å². The van der Waals surface area contributed by atoms with Crippen molar-refractivity contribution in [2.45, 2.75) is 25.1 Å². The lowest BCUT2D eigenvalue weighted by Gasteiger charge is -2.25. The second-order valence-corrected chi connectivity index (χ2v) is 8.07. The van der Waals surface area contributed by atoms with Crippen LogP contribution in [0, 0.1) is 0 Å². The van der Waals surface area contributed by atoms with Crippen LogP contribution in [0.25, 0.3) is 11.3 Å². The minimum absolute atomic E-state index is 0.00584. The SMILES string of the molecule is O=C(NC(CN1CCCC1=O)c1cccc(C(F)(F)F)c1)c1ccc(-c2ccccc2)[nH]c1=O. The molecule has 1 unspecified atom stereocenters. The van der Waals surface area contributed by atoms with Crippen LogP contribution in [-0.4, -0.2) is 34.8 Å². The van der Waals surface area contributed by atoms with Gasteiger partial charge in [-0.05, 0) is 41.8 Å². The molecule has 0 aliphatic carbocycles. The first kappa shape index (κ1) is 23.3. The maximum absolute atomic E-state index is 13.3. The van der Waals surface area contributed by atoms with E-state index in [1.807, 2.05) is 30.3 Å². The van der Waals surface area contributed by atoms with Crippen molar-refractivity contribution in [1.82, 2.24) is 15.2 Å². The van der Waals surface area contributed by atoms with Gasteiger partial charge < -0.3 is 15.2 Å². The van der Waals surface area contributed by atoms with Crippen molar-refractivity contribution in [3.8, 4) is 11.3 Å². The van der Waals surface area contributed by atoms with Gasteiger partial charge in [0.25, 0.3) is 11.5 Å². The molecule has 2 aromatic carbocycles. The molecule has 0 saturated carbocycles. The summed E-state index contributed by atoms with van der Waals surface area (Å²) in [4.78, 5) is 41.9. The molecule has 0 radical (unpaired) electrons. The van der Waals surface area contributed by atoms with E-state index < -0.39 is 29.2 Å². The molecule has 0 spiro atoms. The Bertz CT molecular complexity index is 1260. The molecule has 2 heterocycles. The van der Waals surface area contributed by atoms with Crippen LogP contribution < -0.4 is 10.9 Å². The number of halogens is 3. The average molecular weight is 469 g/mol. The maximum Gasteiger partial charge on any atom is 0.416 e. The third-order valence-electron chi connectivity index (χ3n) is 5.73. The largest absolute Gasteiger partial charge is 0.416 e. The molecule has 2 N–H and O–H groups in total. The standard InChI is InChI=1S/C25H22F3N3O3/c26-25(27,28)18-9-4-8-17(14-18)21(15-31-13-5-10-22(31)32)30-24(34)19-11-12-20(29-23(19)33)16-6-2-1-3-7-16/h1-4,6-9,11-12,14,21H,5,10,13,15H2,(H,29,33)(H,30,34). The van der Waals surface area contributed by atoms with E-state index >= 15 is 0 Å². The monoisotopic (exact) mass is 469 g/mol. The van der Waals surface area contributed by atoms with Gasteiger partial charge in [0.05, 0.1) is 11.6 Å². The number of likely N-dealkylation sites (tertiary alicyclic amines) is 1. The fraction of sp³-hybridized carbons (Fsp3) is 0.240. The molecule has 6 nitrogen and oxygen atoms in total. The molecule has 4 rings (SSSR count). The smallest absolute Gasteiger partial charge is 0.343 e. The number of nitrogens with one attached hydrogen (secondary N) is 2. The lowest BCUT2D eigenvalue weighted by molar-refractivity contribution is -0.137. The number of carbonyl (C=O) groups excluding carboxylic acids is 2. The number of aromatic amines is 1. The van der Waals surface area contributed by atoms with E-state index in [4.69, 9.17) is 0 Å². The van der Waals surface area contributed by atoms with Crippen LogP contribution in [0.1, 0.15) is 40.4 Å². The quantitative estimate of drug-likeness (QED) is 0.569. The van der Waals surface area contributed by atoms with Crippen LogP contribution in [0.15, 0.2) is 71.5 Å². The van der Waals surface area contributed by atoms with E-state index in [-0.39, 0.29) is 23.6 Å². The van der Waals surface area contributed by atoms with Crippen LogP contribution >= 0.6 is 0 Å². The molecule has 9 heteroatoms. The number of amides is 2. The van der Waals surface area contributed by atoms with Crippen molar-refractivity contribution in [2.75, 3.05) is 13.1 Å². The number of hydrogen-bond donors (Lipinski definition) is 2. The first-order valence-electron chi connectivity index (χ1n) is 10.8. The van der Waals surface area contributed by atoms with E-state index in [1.165, 1.54) is 23.1 Å². The number of H-pyrrole nitrogens is 1. The fourth-order valence-corrected chi connectivity index (χ4v) is 3.96. The number of nitrogens with zero attached hydrogens (tertiary/aromatic N) is 1. The summed E-state index contributed by atoms with van der Waals surface area (Å²) >= 11 is 0. The van der Waals surface area contributed by atoms with E-state index in [0.29, 0.717) is 25.1 Å². The molecule has 3 aromatic rings. The fourth-order valence-electron chi connectivity index (χ4n) is 3.96. The maximum atomic E-state index is 13.3. The molecule has 1 aliphatic rings. The second-order valence-electron chi connectivity index (χ2n) is 8.07. The molecular formula is C25H22F3N3O3. The van der Waals surface area contributed by atoms with E-state index in [2.05, 4.69) is 10.3 Å². The van der Waals surface area contributed by atoms with Gasteiger partial charge in [-0.15, -0.1) is 0 Å². The first-order chi connectivity index (χ1) is 16.2. The Hall–Kier alpha value is -3.88. The highest BCUT2D eigenvalue weighted by atomic mass is 19.4. The van der Waals surface area contributed by atoms with Gasteiger partial charge in [0.2, 0.25) is 5.91 Å². The topological polar surface area (TPSA) is 82.3 Å². The van der Waals surface area contributed by atoms with Crippen LogP contribution in [0.5, 0.6) is 0 Å². The molecule has 1 aliphatic heterocycles. The number of aromatic nitrogens is 1. The summed E-state index contributed by atoms with van der Waals surface area (Å²) in [6.45, 7) is 0.461. The minimum Gasteiger partial charge on any atom is -0.343 e. The Balaban J connectivity index is 1.62. The Morgan fingerprint density at radius 2 is 1.79 bits per heavy atom. The van der Waals surface area contributed by atoms with Crippen molar-refractivity contribution in [1.29, 1.82) is 0 Å². The van der Waals surface area contributed by atoms with Gasteiger partial charge in [0.15, 0.2) is 0 Å². The second kappa shape index (κ2) is 9.54. The lowest BCUT2D eigenvalue weighted by atomic mass is 10.0. The van der Waals surface area contributed by atoms with Crippen LogP contribution in [-0.2, 0) is 11.0 Å². The molecular weight excluding hydrogens is 447 g/mol. The summed E-state index contributed by atoms with van der Waals surface area (Å²) < 4.78 is 39.8. The Labute approximate surface area is 193 Å². The van der Waals surface area contributed by atoms with Crippen molar-refractivity contribution in [3.63, 3.8) is 0 Å². The Morgan fingerprint density at radius 3 is 2.44 bits per heavy atom. The molecule has 0 bridgehead atoms. The van der Waals surface area contributed by atoms with Crippen molar-refractivity contribution >= 4 is 11.8 Å². The summed E-state index contributed by atoms with van der Waals surface area (Å²) in [7, 11) is 0. The predicted molar refractivity (Wildman–Crippen MR) is 120 cm³/mol. The van der Waals surface area contributed by atoms with E-state index in [9.17, 15) is 27.6 Å². The summed E-state index contributed by atoms with van der Waals surface area (Å²) in [5.41, 5.74) is -0.175.